The van der Waals surface area contributed by atoms with Crippen LogP contribution in [0, 0.1) is 0 Å². The van der Waals surface area contributed by atoms with Gasteiger partial charge in [0, 0.05) is 18.3 Å². The molecule has 0 aliphatic carbocycles. The minimum atomic E-state index is -3.57. The number of nitrogens with zero attached hydrogens (tertiary/aromatic N) is 2. The van der Waals surface area contributed by atoms with Gasteiger partial charge in [0.1, 0.15) is 0 Å². The van der Waals surface area contributed by atoms with Gasteiger partial charge in [-0.1, -0.05) is 30.0 Å². The highest BCUT2D eigenvalue weighted by Crippen LogP contribution is 2.28. The number of hydrogen-bond acceptors (Lipinski definition) is 5. The van der Waals surface area contributed by atoms with Crippen LogP contribution in [0.15, 0.2) is 71.2 Å². The molecule has 2 N–H and O–H groups in total. The standard InChI is InChI=1S/C22H26N4O3S2/c1-5-14-26-20-9-7-6-8-19(20)24-22(26)30-16(4)21(27)23-17-10-12-18(13-11-17)31(28,29)25-15(2)3/h5-13,15-16,25H,1,14H2,2-4H3,(H,23,27)/t16-/m1/s1. The van der Waals surface area contributed by atoms with E-state index in [4.69, 9.17) is 0 Å². The third-order valence-corrected chi connectivity index (χ3v) is 7.17. The van der Waals surface area contributed by atoms with Crippen LogP contribution in [-0.2, 0) is 21.4 Å². The Kier molecular flexibility index (Phi) is 7.19. The van der Waals surface area contributed by atoms with Crippen molar-refractivity contribution in [3.05, 3.63) is 61.2 Å². The van der Waals surface area contributed by atoms with E-state index in [1.165, 1.54) is 23.9 Å². The number of para-hydroxylation sites is 2. The number of benzene rings is 2. The molecule has 1 atom stereocenters. The summed E-state index contributed by atoms with van der Waals surface area (Å²) in [5.41, 5.74) is 2.39. The summed E-state index contributed by atoms with van der Waals surface area (Å²) in [6.07, 6.45) is 1.80. The maximum Gasteiger partial charge on any atom is 0.240 e. The summed E-state index contributed by atoms with van der Waals surface area (Å²) < 4.78 is 29.0. The fourth-order valence-electron chi connectivity index (χ4n) is 3.00. The molecule has 1 amide bonds. The molecule has 3 aromatic rings. The largest absolute Gasteiger partial charge is 0.325 e. The number of carbonyl (C=O) groups excluding carboxylic acids is 1. The van der Waals surface area contributed by atoms with Gasteiger partial charge in [0.05, 0.1) is 21.2 Å². The predicted molar refractivity (Wildman–Crippen MR) is 126 cm³/mol. The normalized spacial score (nSPS) is 12.8. The lowest BCUT2D eigenvalue weighted by Gasteiger charge is -2.13. The molecule has 7 nitrogen and oxygen atoms in total. The Morgan fingerprint density at radius 1 is 1.16 bits per heavy atom. The summed E-state index contributed by atoms with van der Waals surface area (Å²) in [4.78, 5) is 17.5. The van der Waals surface area contributed by atoms with Crippen LogP contribution in [0.2, 0.25) is 0 Å². The average molecular weight is 459 g/mol. The van der Waals surface area contributed by atoms with Gasteiger partial charge in [0.2, 0.25) is 15.9 Å². The van der Waals surface area contributed by atoms with Crippen molar-refractivity contribution >= 4 is 44.4 Å². The summed E-state index contributed by atoms with van der Waals surface area (Å²) in [6.45, 7) is 9.73. The summed E-state index contributed by atoms with van der Waals surface area (Å²) in [7, 11) is -3.57. The van der Waals surface area contributed by atoms with Crippen molar-refractivity contribution in [2.45, 2.75) is 48.7 Å². The summed E-state index contributed by atoms with van der Waals surface area (Å²) >= 11 is 1.36. The molecule has 164 valence electrons. The fraction of sp³-hybridized carbons (Fsp3) is 0.273. The Labute approximate surface area is 187 Å². The van der Waals surface area contributed by atoms with Gasteiger partial charge in [0.15, 0.2) is 5.16 Å². The number of imidazole rings is 1. The van der Waals surface area contributed by atoms with E-state index in [1.54, 1.807) is 32.1 Å². The van der Waals surface area contributed by atoms with Crippen molar-refractivity contribution in [2.24, 2.45) is 0 Å². The van der Waals surface area contributed by atoms with Crippen LogP contribution in [0.5, 0.6) is 0 Å². The van der Waals surface area contributed by atoms with E-state index in [0.717, 1.165) is 16.2 Å². The van der Waals surface area contributed by atoms with E-state index in [-0.39, 0.29) is 16.8 Å². The molecule has 0 aliphatic heterocycles. The van der Waals surface area contributed by atoms with E-state index in [1.807, 2.05) is 35.8 Å². The number of sulfonamides is 1. The van der Waals surface area contributed by atoms with Crippen LogP contribution in [0.25, 0.3) is 11.0 Å². The Balaban J connectivity index is 1.71. The quantitative estimate of drug-likeness (QED) is 0.373. The number of hydrogen-bond donors (Lipinski definition) is 2. The van der Waals surface area contributed by atoms with Gasteiger partial charge in [-0.2, -0.15) is 0 Å². The highest BCUT2D eigenvalue weighted by Gasteiger charge is 2.20. The zero-order valence-corrected chi connectivity index (χ0v) is 19.3. The zero-order valence-electron chi connectivity index (χ0n) is 17.7. The molecule has 0 radical (unpaired) electrons. The number of amides is 1. The highest BCUT2D eigenvalue weighted by molar-refractivity contribution is 8.00. The molecule has 1 aromatic heterocycles. The van der Waals surface area contributed by atoms with Gasteiger partial charge in [-0.15, -0.1) is 6.58 Å². The fourth-order valence-corrected chi connectivity index (χ4v) is 5.18. The van der Waals surface area contributed by atoms with Crippen molar-refractivity contribution in [1.82, 2.24) is 14.3 Å². The number of anilines is 1. The maximum atomic E-state index is 12.7. The molecule has 9 heteroatoms. The van der Waals surface area contributed by atoms with Crippen LogP contribution >= 0.6 is 11.8 Å². The Morgan fingerprint density at radius 3 is 2.48 bits per heavy atom. The van der Waals surface area contributed by atoms with Crippen LogP contribution in [0.1, 0.15) is 20.8 Å². The summed E-state index contributed by atoms with van der Waals surface area (Å²) in [6, 6.07) is 13.7. The topological polar surface area (TPSA) is 93.1 Å². The molecule has 0 saturated carbocycles. The predicted octanol–water partition coefficient (Wildman–Crippen LogP) is 4.03. The van der Waals surface area contributed by atoms with E-state index in [0.29, 0.717) is 12.2 Å². The van der Waals surface area contributed by atoms with E-state index in [2.05, 4.69) is 21.6 Å². The summed E-state index contributed by atoms with van der Waals surface area (Å²) in [5, 5.41) is 3.16. The first-order valence-corrected chi connectivity index (χ1v) is 12.2. The second kappa shape index (κ2) is 9.67. The van der Waals surface area contributed by atoms with Crippen LogP contribution in [0.4, 0.5) is 5.69 Å². The van der Waals surface area contributed by atoms with Gasteiger partial charge >= 0.3 is 0 Å². The molecule has 2 aromatic carbocycles. The molecule has 0 saturated heterocycles. The molecular formula is C22H26N4O3S2. The molecule has 0 spiro atoms. The Bertz CT molecular complexity index is 1190. The number of thioether (sulfide) groups is 1. The van der Waals surface area contributed by atoms with Gasteiger partial charge < -0.3 is 9.88 Å². The molecular weight excluding hydrogens is 432 g/mol. The number of aromatic nitrogens is 2. The van der Waals surface area contributed by atoms with E-state index >= 15 is 0 Å². The third-order valence-electron chi connectivity index (χ3n) is 4.41. The van der Waals surface area contributed by atoms with E-state index in [9.17, 15) is 13.2 Å². The average Bonchev–Trinajstić information content (AvgIpc) is 3.05. The van der Waals surface area contributed by atoms with Crippen molar-refractivity contribution in [3.63, 3.8) is 0 Å². The smallest absolute Gasteiger partial charge is 0.240 e. The van der Waals surface area contributed by atoms with E-state index < -0.39 is 15.3 Å². The van der Waals surface area contributed by atoms with Gasteiger partial charge in [-0.05, 0) is 57.2 Å². The Morgan fingerprint density at radius 2 is 1.84 bits per heavy atom. The van der Waals surface area contributed by atoms with Crippen molar-refractivity contribution < 1.29 is 13.2 Å². The lowest BCUT2D eigenvalue weighted by atomic mass is 10.3. The first-order chi connectivity index (χ1) is 14.7. The van der Waals surface area contributed by atoms with Gasteiger partial charge in [-0.25, -0.2) is 18.1 Å². The third kappa shape index (κ3) is 5.55. The van der Waals surface area contributed by atoms with Crippen LogP contribution < -0.4 is 10.0 Å². The molecule has 31 heavy (non-hydrogen) atoms. The zero-order chi connectivity index (χ0) is 22.6. The maximum absolute atomic E-state index is 12.7. The van der Waals surface area contributed by atoms with Crippen molar-refractivity contribution in [1.29, 1.82) is 0 Å². The molecule has 0 unspecified atom stereocenters. The summed E-state index contributed by atoms with van der Waals surface area (Å²) in [5.74, 6) is -0.196. The molecule has 0 bridgehead atoms. The minimum absolute atomic E-state index is 0.153. The molecule has 0 fully saturated rings. The lowest BCUT2D eigenvalue weighted by molar-refractivity contribution is -0.115. The Hall–Kier alpha value is -2.62. The SMILES string of the molecule is C=CCn1c(S[C@H](C)C(=O)Nc2ccc(S(=O)(=O)NC(C)C)cc2)nc2ccccc21. The number of nitrogens with one attached hydrogen (secondary N) is 2. The molecule has 1 heterocycles. The number of rotatable bonds is 9. The second-order valence-corrected chi connectivity index (χ2v) is 10.4. The highest BCUT2D eigenvalue weighted by atomic mass is 32.2. The lowest BCUT2D eigenvalue weighted by Crippen LogP contribution is -2.30. The van der Waals surface area contributed by atoms with Crippen molar-refractivity contribution in [2.75, 3.05) is 5.32 Å². The van der Waals surface area contributed by atoms with Crippen LogP contribution in [-0.4, -0.2) is 35.2 Å². The first-order valence-electron chi connectivity index (χ1n) is 9.87. The van der Waals surface area contributed by atoms with Gasteiger partial charge in [0.25, 0.3) is 0 Å². The number of carbonyl (C=O) groups is 1. The first kappa shape index (κ1) is 23.1. The number of fused-ring (bicyclic) bond motifs is 1. The van der Waals surface area contributed by atoms with Crippen molar-refractivity contribution in [3.8, 4) is 0 Å². The minimum Gasteiger partial charge on any atom is -0.325 e. The molecule has 0 aliphatic rings. The number of allylic oxidation sites excluding steroid dienone is 1. The van der Waals surface area contributed by atoms with Gasteiger partial charge in [-0.3, -0.25) is 4.79 Å². The second-order valence-electron chi connectivity index (χ2n) is 7.33. The molecule has 3 rings (SSSR count). The monoisotopic (exact) mass is 458 g/mol. The van der Waals surface area contributed by atoms with Crippen LogP contribution in [0.3, 0.4) is 0 Å².